The topological polar surface area (TPSA) is 54.5 Å². The predicted molar refractivity (Wildman–Crippen MR) is 81.2 cm³/mol. The lowest BCUT2D eigenvalue weighted by molar-refractivity contribution is 0.496. The van der Waals surface area contributed by atoms with Gasteiger partial charge in [0.2, 0.25) is 0 Å². The summed E-state index contributed by atoms with van der Waals surface area (Å²) in [6.45, 7) is 6.64. The molecule has 1 aromatic carbocycles. The molecule has 2 rings (SSSR count). The molecule has 0 saturated heterocycles. The first-order chi connectivity index (χ1) is 10.0. The molecule has 1 heterocycles. The first kappa shape index (κ1) is 15.5. The lowest BCUT2D eigenvalue weighted by Gasteiger charge is -2.13. The highest BCUT2D eigenvalue weighted by Gasteiger charge is 2.19. The summed E-state index contributed by atoms with van der Waals surface area (Å²) < 4.78 is 15.9. The van der Waals surface area contributed by atoms with Gasteiger partial charge in [-0.05, 0) is 25.0 Å². The van der Waals surface area contributed by atoms with Crippen LogP contribution in [0.15, 0.2) is 29.4 Å². The smallest absolute Gasteiger partial charge is 0.192 e. The van der Waals surface area contributed by atoms with E-state index in [0.29, 0.717) is 29.0 Å². The zero-order chi connectivity index (χ0) is 15.4. The molecule has 0 unspecified atom stereocenters. The number of rotatable bonds is 5. The SMILES string of the molecule is CC(C)Cn1c(S[C@H](C)C#N)nnc1-c1ccccc1F. The van der Waals surface area contributed by atoms with Gasteiger partial charge >= 0.3 is 0 Å². The van der Waals surface area contributed by atoms with Crippen molar-refractivity contribution in [3.05, 3.63) is 30.1 Å². The lowest BCUT2D eigenvalue weighted by atomic mass is 10.2. The number of benzene rings is 1. The third kappa shape index (κ3) is 3.61. The maximum absolute atomic E-state index is 14.0. The number of nitriles is 1. The first-order valence-electron chi connectivity index (χ1n) is 6.77. The molecule has 0 spiro atoms. The van der Waals surface area contributed by atoms with Crippen molar-refractivity contribution in [2.45, 2.75) is 37.7 Å². The van der Waals surface area contributed by atoms with Gasteiger partial charge in [-0.15, -0.1) is 10.2 Å². The fourth-order valence-corrected chi connectivity index (χ4v) is 2.68. The van der Waals surface area contributed by atoms with Crippen LogP contribution in [0, 0.1) is 23.1 Å². The van der Waals surface area contributed by atoms with Gasteiger partial charge in [0.15, 0.2) is 11.0 Å². The highest BCUT2D eigenvalue weighted by Crippen LogP contribution is 2.28. The number of hydrogen-bond donors (Lipinski definition) is 0. The molecule has 0 N–H and O–H groups in total. The quantitative estimate of drug-likeness (QED) is 0.790. The highest BCUT2D eigenvalue weighted by molar-refractivity contribution is 8.00. The summed E-state index contributed by atoms with van der Waals surface area (Å²) >= 11 is 1.34. The fraction of sp³-hybridized carbons (Fsp3) is 0.400. The Balaban J connectivity index is 2.47. The van der Waals surface area contributed by atoms with Crippen molar-refractivity contribution in [3.63, 3.8) is 0 Å². The van der Waals surface area contributed by atoms with Crippen LogP contribution in [0.5, 0.6) is 0 Å². The lowest BCUT2D eigenvalue weighted by Crippen LogP contribution is -2.09. The summed E-state index contributed by atoms with van der Waals surface area (Å²) in [5.74, 6) is 0.553. The summed E-state index contributed by atoms with van der Waals surface area (Å²) in [6, 6.07) is 8.69. The van der Waals surface area contributed by atoms with E-state index in [0.717, 1.165) is 0 Å². The molecule has 0 bridgehead atoms. The summed E-state index contributed by atoms with van der Waals surface area (Å²) in [5.41, 5.74) is 0.433. The van der Waals surface area contributed by atoms with Crippen molar-refractivity contribution in [2.24, 2.45) is 5.92 Å². The molecule has 1 aromatic heterocycles. The largest absolute Gasteiger partial charge is 0.302 e. The number of aromatic nitrogens is 3. The van der Waals surface area contributed by atoms with Gasteiger partial charge in [0.05, 0.1) is 16.9 Å². The predicted octanol–water partition coefficient (Wildman–Crippen LogP) is 3.74. The van der Waals surface area contributed by atoms with Crippen LogP contribution in [0.3, 0.4) is 0 Å². The minimum atomic E-state index is -0.320. The van der Waals surface area contributed by atoms with E-state index in [1.165, 1.54) is 17.8 Å². The van der Waals surface area contributed by atoms with Crippen LogP contribution in [0.4, 0.5) is 4.39 Å². The van der Waals surface area contributed by atoms with Crippen molar-refractivity contribution in [2.75, 3.05) is 0 Å². The Labute approximate surface area is 128 Å². The van der Waals surface area contributed by atoms with Gasteiger partial charge in [-0.1, -0.05) is 37.7 Å². The maximum Gasteiger partial charge on any atom is 0.192 e. The Hall–Kier alpha value is -1.87. The maximum atomic E-state index is 14.0. The zero-order valence-electron chi connectivity index (χ0n) is 12.2. The van der Waals surface area contributed by atoms with E-state index in [1.807, 2.05) is 11.5 Å². The van der Waals surface area contributed by atoms with Gasteiger partial charge in [0.1, 0.15) is 5.82 Å². The summed E-state index contributed by atoms with van der Waals surface area (Å²) in [6.07, 6.45) is 0. The van der Waals surface area contributed by atoms with E-state index in [9.17, 15) is 4.39 Å². The van der Waals surface area contributed by atoms with E-state index in [2.05, 4.69) is 30.1 Å². The molecule has 4 nitrogen and oxygen atoms in total. The van der Waals surface area contributed by atoms with Crippen LogP contribution in [-0.4, -0.2) is 20.0 Å². The minimum absolute atomic E-state index is 0.228. The van der Waals surface area contributed by atoms with Crippen molar-refractivity contribution >= 4 is 11.8 Å². The average molecular weight is 304 g/mol. The molecule has 0 aliphatic rings. The Kier molecular flexibility index (Phi) is 4.97. The molecule has 0 aliphatic carbocycles. The molecule has 21 heavy (non-hydrogen) atoms. The Morgan fingerprint density at radius 2 is 2.00 bits per heavy atom. The van der Waals surface area contributed by atoms with Crippen molar-refractivity contribution < 1.29 is 4.39 Å². The fourth-order valence-electron chi connectivity index (χ4n) is 1.93. The summed E-state index contributed by atoms with van der Waals surface area (Å²) in [4.78, 5) is 0. The third-order valence-electron chi connectivity index (χ3n) is 2.84. The average Bonchev–Trinajstić information content (AvgIpc) is 2.81. The normalized spacial score (nSPS) is 12.4. The molecule has 2 aromatic rings. The zero-order valence-corrected chi connectivity index (χ0v) is 13.1. The third-order valence-corrected chi connectivity index (χ3v) is 3.82. The van der Waals surface area contributed by atoms with Crippen LogP contribution in [0.25, 0.3) is 11.4 Å². The van der Waals surface area contributed by atoms with Crippen LogP contribution < -0.4 is 0 Å². The second-order valence-corrected chi connectivity index (χ2v) is 6.49. The number of thioether (sulfide) groups is 1. The van der Waals surface area contributed by atoms with E-state index < -0.39 is 0 Å². The molecule has 0 saturated carbocycles. The molecule has 0 aliphatic heterocycles. The molecule has 0 radical (unpaired) electrons. The Bertz CT molecular complexity index is 660. The van der Waals surface area contributed by atoms with Gasteiger partial charge in [0.25, 0.3) is 0 Å². The summed E-state index contributed by atoms with van der Waals surface area (Å²) in [5, 5.41) is 17.6. The highest BCUT2D eigenvalue weighted by atomic mass is 32.2. The number of nitrogens with zero attached hydrogens (tertiary/aromatic N) is 4. The molecule has 1 atom stereocenters. The van der Waals surface area contributed by atoms with Gasteiger partial charge < -0.3 is 4.57 Å². The molecular weight excluding hydrogens is 287 g/mol. The molecule has 0 amide bonds. The van der Waals surface area contributed by atoms with Crippen LogP contribution in [0.2, 0.25) is 0 Å². The Morgan fingerprint density at radius 3 is 2.62 bits per heavy atom. The van der Waals surface area contributed by atoms with Gasteiger partial charge in [-0.3, -0.25) is 0 Å². The van der Waals surface area contributed by atoms with E-state index >= 15 is 0 Å². The second-order valence-electron chi connectivity index (χ2n) is 5.18. The van der Waals surface area contributed by atoms with E-state index in [1.54, 1.807) is 18.2 Å². The van der Waals surface area contributed by atoms with E-state index in [-0.39, 0.29) is 11.1 Å². The number of hydrogen-bond acceptors (Lipinski definition) is 4. The van der Waals surface area contributed by atoms with Crippen LogP contribution in [0.1, 0.15) is 20.8 Å². The van der Waals surface area contributed by atoms with Gasteiger partial charge in [-0.25, -0.2) is 4.39 Å². The summed E-state index contributed by atoms with van der Waals surface area (Å²) in [7, 11) is 0. The van der Waals surface area contributed by atoms with Crippen molar-refractivity contribution in [1.82, 2.24) is 14.8 Å². The molecule has 0 fully saturated rings. The Morgan fingerprint density at radius 1 is 1.29 bits per heavy atom. The van der Waals surface area contributed by atoms with Gasteiger partial charge in [-0.2, -0.15) is 5.26 Å². The first-order valence-corrected chi connectivity index (χ1v) is 7.65. The van der Waals surface area contributed by atoms with E-state index in [4.69, 9.17) is 5.26 Å². The van der Waals surface area contributed by atoms with Gasteiger partial charge in [0, 0.05) is 6.54 Å². The van der Waals surface area contributed by atoms with Crippen LogP contribution in [-0.2, 0) is 6.54 Å². The minimum Gasteiger partial charge on any atom is -0.302 e. The standard InChI is InChI=1S/C15H17FN4S/c1-10(2)9-20-14(12-6-4-5-7-13(12)16)18-19-15(20)21-11(3)8-17/h4-7,10-11H,9H2,1-3H3/t11-/m1/s1. The molecular formula is C15H17FN4S. The van der Waals surface area contributed by atoms with Crippen LogP contribution >= 0.6 is 11.8 Å². The number of halogens is 1. The van der Waals surface area contributed by atoms with Crippen molar-refractivity contribution in [1.29, 1.82) is 5.26 Å². The van der Waals surface area contributed by atoms with Crippen molar-refractivity contribution in [3.8, 4) is 17.5 Å². The molecule has 6 heteroatoms. The second kappa shape index (κ2) is 6.72. The molecule has 110 valence electrons. The monoisotopic (exact) mass is 304 g/mol.